The molecule has 1 saturated carbocycles. The first-order valence-electron chi connectivity index (χ1n) is 17.1. The minimum Gasteiger partial charge on any atom is -0.481 e. The van der Waals surface area contributed by atoms with Gasteiger partial charge in [0.25, 0.3) is 0 Å². The lowest BCUT2D eigenvalue weighted by molar-refractivity contribution is -0.137. The molecule has 0 spiro atoms. The van der Waals surface area contributed by atoms with Crippen LogP contribution in [-0.2, 0) is 43.6 Å². The first kappa shape index (κ1) is 35.6. The summed E-state index contributed by atoms with van der Waals surface area (Å²) in [6, 6.07) is 30.8. The van der Waals surface area contributed by atoms with Crippen molar-refractivity contribution in [2.75, 3.05) is 6.61 Å². The lowest BCUT2D eigenvalue weighted by Crippen LogP contribution is -2.35. The third-order valence-corrected chi connectivity index (χ3v) is 8.56. The van der Waals surface area contributed by atoms with E-state index in [1.165, 1.54) is 6.42 Å². The van der Waals surface area contributed by atoms with Crippen LogP contribution in [0.2, 0.25) is 0 Å². The van der Waals surface area contributed by atoms with Crippen LogP contribution < -0.4 is 0 Å². The molecule has 3 aromatic rings. The van der Waals surface area contributed by atoms with Gasteiger partial charge < -0.3 is 24.1 Å². The average molecular weight is 629 g/mol. The second-order valence-corrected chi connectivity index (χ2v) is 12.3. The van der Waals surface area contributed by atoms with Crippen molar-refractivity contribution in [3.05, 3.63) is 120 Å². The van der Waals surface area contributed by atoms with Gasteiger partial charge in [-0.3, -0.25) is 4.79 Å². The molecule has 6 heteroatoms. The van der Waals surface area contributed by atoms with Crippen LogP contribution in [-0.4, -0.2) is 42.1 Å². The van der Waals surface area contributed by atoms with Crippen LogP contribution in [0.3, 0.4) is 0 Å². The fourth-order valence-corrected chi connectivity index (χ4v) is 5.96. The molecule has 0 bridgehead atoms. The Balaban J connectivity index is 1.49. The molecule has 1 aliphatic rings. The van der Waals surface area contributed by atoms with Crippen molar-refractivity contribution in [1.29, 1.82) is 0 Å². The summed E-state index contributed by atoms with van der Waals surface area (Å²) in [6.45, 7) is 4.29. The second-order valence-electron chi connectivity index (χ2n) is 12.3. The van der Waals surface area contributed by atoms with Crippen molar-refractivity contribution in [2.45, 2.75) is 109 Å². The molecule has 1 aliphatic carbocycles. The maximum Gasteiger partial charge on any atom is 0.303 e. The lowest BCUT2D eigenvalue weighted by atomic mass is 10.0. The topological polar surface area (TPSA) is 74.2 Å². The fourth-order valence-electron chi connectivity index (χ4n) is 5.96. The van der Waals surface area contributed by atoms with Gasteiger partial charge in [0.1, 0.15) is 0 Å². The third kappa shape index (κ3) is 12.8. The van der Waals surface area contributed by atoms with Crippen LogP contribution in [0.25, 0.3) is 0 Å². The molecule has 0 radical (unpaired) electrons. The highest BCUT2D eigenvalue weighted by atomic mass is 16.6. The summed E-state index contributed by atoms with van der Waals surface area (Å²) in [4.78, 5) is 11.0. The standard InChI is InChI=1S/C40H52O6/c1-2-3-9-24-35(43-28-32-18-10-6-11-19-32)31-46-40-36(25-16-4-5-17-26-39(41)42)37(44-29-33-20-12-7-13-21-33)27-38(40)45-30-34-22-14-8-15-23-34/h6-8,10-16,18-23,25,35-38,40H,2-5,9,17,24,26-31H2,1H3,(H,41,42)/t35-,36+,37+,38-,40-/m0/s1. The zero-order valence-corrected chi connectivity index (χ0v) is 27.4. The molecule has 1 N–H and O–H groups in total. The quantitative estimate of drug-likeness (QED) is 0.0885. The maximum absolute atomic E-state index is 11.0. The van der Waals surface area contributed by atoms with Gasteiger partial charge in [0.05, 0.1) is 50.8 Å². The Morgan fingerprint density at radius 1 is 0.761 bits per heavy atom. The molecule has 0 heterocycles. The van der Waals surface area contributed by atoms with E-state index in [4.69, 9.17) is 24.1 Å². The van der Waals surface area contributed by atoms with E-state index in [1.54, 1.807) is 0 Å². The smallest absolute Gasteiger partial charge is 0.303 e. The summed E-state index contributed by atoms with van der Waals surface area (Å²) in [5, 5.41) is 9.03. The van der Waals surface area contributed by atoms with E-state index < -0.39 is 5.97 Å². The van der Waals surface area contributed by atoms with Crippen LogP contribution in [0.4, 0.5) is 0 Å². The van der Waals surface area contributed by atoms with Gasteiger partial charge in [-0.25, -0.2) is 0 Å². The van der Waals surface area contributed by atoms with E-state index in [0.717, 1.165) is 55.2 Å². The van der Waals surface area contributed by atoms with Gasteiger partial charge in [-0.05, 0) is 42.4 Å². The molecule has 4 rings (SSSR count). The lowest BCUT2D eigenvalue weighted by Gasteiger charge is -2.28. The van der Waals surface area contributed by atoms with Crippen molar-refractivity contribution in [1.82, 2.24) is 0 Å². The highest BCUT2D eigenvalue weighted by molar-refractivity contribution is 5.66. The van der Waals surface area contributed by atoms with Gasteiger partial charge in [0, 0.05) is 18.8 Å². The average Bonchev–Trinajstić information content (AvgIpc) is 3.42. The molecule has 6 nitrogen and oxygen atoms in total. The Morgan fingerprint density at radius 2 is 1.35 bits per heavy atom. The molecule has 3 aromatic carbocycles. The Hall–Kier alpha value is -3.29. The van der Waals surface area contributed by atoms with E-state index in [9.17, 15) is 4.79 Å². The SMILES string of the molecule is CCCCC[C@@H](CO[C@H]1[C@H](C=CCCCCC(=O)O)[C@H](OCc2ccccc2)C[C@@H]1OCc1ccccc1)OCc1ccccc1. The molecule has 0 unspecified atom stereocenters. The molecule has 248 valence electrons. The normalized spacial score (nSPS) is 20.3. The molecule has 0 amide bonds. The number of carbonyl (C=O) groups is 1. The van der Waals surface area contributed by atoms with E-state index >= 15 is 0 Å². The monoisotopic (exact) mass is 628 g/mol. The molecular weight excluding hydrogens is 576 g/mol. The van der Waals surface area contributed by atoms with Gasteiger partial charge >= 0.3 is 5.97 Å². The maximum atomic E-state index is 11.0. The van der Waals surface area contributed by atoms with Crippen molar-refractivity contribution in [3.63, 3.8) is 0 Å². The summed E-state index contributed by atoms with van der Waals surface area (Å²) in [5.41, 5.74) is 3.42. The molecule has 0 aliphatic heterocycles. The van der Waals surface area contributed by atoms with E-state index in [0.29, 0.717) is 32.8 Å². The summed E-state index contributed by atoms with van der Waals surface area (Å²) in [5.74, 6) is -0.752. The van der Waals surface area contributed by atoms with E-state index in [2.05, 4.69) is 55.5 Å². The van der Waals surface area contributed by atoms with Crippen molar-refractivity contribution in [3.8, 4) is 0 Å². The molecule has 0 saturated heterocycles. The number of carboxylic acid groups (broad SMARTS) is 1. The van der Waals surface area contributed by atoms with Gasteiger partial charge in [0.15, 0.2) is 0 Å². The number of allylic oxidation sites excluding steroid dienone is 1. The van der Waals surface area contributed by atoms with Gasteiger partial charge in [-0.15, -0.1) is 0 Å². The van der Waals surface area contributed by atoms with E-state index in [1.807, 2.05) is 54.6 Å². The first-order valence-corrected chi connectivity index (χ1v) is 17.1. The van der Waals surface area contributed by atoms with Crippen molar-refractivity contribution < 1.29 is 28.8 Å². The molecule has 0 aromatic heterocycles. The summed E-state index contributed by atoms with van der Waals surface area (Å²) in [7, 11) is 0. The van der Waals surface area contributed by atoms with Crippen LogP contribution in [0.5, 0.6) is 0 Å². The molecule has 5 atom stereocenters. The van der Waals surface area contributed by atoms with Crippen LogP contribution in [0, 0.1) is 5.92 Å². The predicted molar refractivity (Wildman–Crippen MR) is 182 cm³/mol. The van der Waals surface area contributed by atoms with Crippen molar-refractivity contribution in [2.24, 2.45) is 5.92 Å². The molecular formula is C40H52O6. The number of hydrogen-bond acceptors (Lipinski definition) is 5. The summed E-state index contributed by atoms with van der Waals surface area (Å²) < 4.78 is 26.5. The number of unbranched alkanes of at least 4 members (excludes halogenated alkanes) is 4. The van der Waals surface area contributed by atoms with Crippen LogP contribution in [0.1, 0.15) is 81.4 Å². The number of aliphatic carboxylic acids is 1. The largest absolute Gasteiger partial charge is 0.481 e. The Bertz CT molecular complexity index is 1250. The second kappa shape index (κ2) is 20.8. The number of hydrogen-bond donors (Lipinski definition) is 1. The Labute approximate surface area is 275 Å². The van der Waals surface area contributed by atoms with Gasteiger partial charge in [-0.2, -0.15) is 0 Å². The minimum atomic E-state index is -0.746. The highest BCUT2D eigenvalue weighted by Gasteiger charge is 2.44. The number of benzene rings is 3. The highest BCUT2D eigenvalue weighted by Crippen LogP contribution is 2.36. The zero-order chi connectivity index (χ0) is 32.2. The summed E-state index contributed by atoms with van der Waals surface area (Å²) >= 11 is 0. The molecule has 1 fully saturated rings. The number of carboxylic acids is 1. The van der Waals surface area contributed by atoms with Crippen molar-refractivity contribution >= 4 is 5.97 Å². The molecule has 46 heavy (non-hydrogen) atoms. The van der Waals surface area contributed by atoms with Gasteiger partial charge in [0.2, 0.25) is 0 Å². The fraction of sp³-hybridized carbons (Fsp3) is 0.475. The first-order chi connectivity index (χ1) is 22.6. The number of ether oxygens (including phenoxy) is 4. The minimum absolute atomic E-state index is 0.00521. The van der Waals surface area contributed by atoms with Gasteiger partial charge in [-0.1, -0.05) is 129 Å². The predicted octanol–water partition coefficient (Wildman–Crippen LogP) is 8.93. The van der Waals surface area contributed by atoms with E-state index in [-0.39, 0.29) is 36.8 Å². The number of rotatable bonds is 22. The third-order valence-electron chi connectivity index (χ3n) is 8.56. The van der Waals surface area contributed by atoms with Crippen LogP contribution >= 0.6 is 0 Å². The van der Waals surface area contributed by atoms with Crippen LogP contribution in [0.15, 0.2) is 103 Å². The Kier molecular flexibility index (Phi) is 16.0. The summed E-state index contributed by atoms with van der Waals surface area (Å²) in [6.07, 6.45) is 11.6. The Morgan fingerprint density at radius 3 is 1.93 bits per heavy atom. The zero-order valence-electron chi connectivity index (χ0n) is 27.4.